The first kappa shape index (κ1) is 24.9. The van der Waals surface area contributed by atoms with Crippen molar-refractivity contribution >= 4 is 17.9 Å². The summed E-state index contributed by atoms with van der Waals surface area (Å²) in [5.74, 6) is -2.45. The Balaban J connectivity index is 1.98. The second-order valence-corrected chi connectivity index (χ2v) is 7.21. The average Bonchev–Trinajstić information content (AvgIpc) is 2.86. The normalized spacial score (nSPS) is 10.1. The maximum atomic E-state index is 15.2. The summed E-state index contributed by atoms with van der Waals surface area (Å²) in [4.78, 5) is 34.9. The highest BCUT2D eigenvalue weighted by Gasteiger charge is 2.16. The summed E-state index contributed by atoms with van der Waals surface area (Å²) in [5, 5.41) is 0. The fraction of sp³-hybridized carbons (Fsp3) is 0.0357. The maximum Gasteiger partial charge on any atom is 0.335 e. The number of esters is 3. The van der Waals surface area contributed by atoms with Gasteiger partial charge in [-0.15, -0.1) is 0 Å². The fourth-order valence-electron chi connectivity index (χ4n) is 3.11. The molecule has 0 atom stereocenters. The van der Waals surface area contributed by atoms with E-state index in [4.69, 9.17) is 14.2 Å². The molecule has 6 nitrogen and oxygen atoms in total. The van der Waals surface area contributed by atoms with Gasteiger partial charge in [0, 0.05) is 23.8 Å². The van der Waals surface area contributed by atoms with E-state index in [0.717, 1.165) is 23.8 Å². The van der Waals surface area contributed by atoms with E-state index in [1.54, 1.807) is 37.3 Å². The number of carbonyl (C=O) groups excluding carboxylic acids is 3. The van der Waals surface area contributed by atoms with Crippen molar-refractivity contribution in [2.45, 2.75) is 6.92 Å². The van der Waals surface area contributed by atoms with E-state index in [0.29, 0.717) is 22.4 Å². The predicted molar refractivity (Wildman–Crippen MR) is 130 cm³/mol. The lowest BCUT2D eigenvalue weighted by Crippen LogP contribution is -2.08. The van der Waals surface area contributed by atoms with E-state index in [2.05, 4.69) is 19.7 Å². The van der Waals surface area contributed by atoms with Crippen LogP contribution in [0.3, 0.4) is 0 Å². The minimum atomic E-state index is -0.777. The molecule has 7 heteroatoms. The van der Waals surface area contributed by atoms with Crippen molar-refractivity contribution in [1.82, 2.24) is 0 Å². The molecule has 0 bridgehead atoms. The minimum Gasteiger partial charge on any atom is -0.423 e. The van der Waals surface area contributed by atoms with Gasteiger partial charge in [-0.2, -0.15) is 0 Å². The van der Waals surface area contributed by atoms with Gasteiger partial charge in [0.15, 0.2) is 11.5 Å². The van der Waals surface area contributed by atoms with Gasteiger partial charge in [0.2, 0.25) is 0 Å². The highest BCUT2D eigenvalue weighted by atomic mass is 19.1. The van der Waals surface area contributed by atoms with Crippen LogP contribution in [-0.2, 0) is 14.4 Å². The largest absolute Gasteiger partial charge is 0.423 e. The predicted octanol–water partition coefficient (Wildman–Crippen LogP) is 5.74. The van der Waals surface area contributed by atoms with Crippen molar-refractivity contribution in [3.8, 4) is 39.5 Å². The van der Waals surface area contributed by atoms with Crippen LogP contribution >= 0.6 is 0 Å². The molecule has 0 heterocycles. The number of hydrogen-bond donors (Lipinski definition) is 0. The number of aryl methyl sites for hydroxylation is 1. The fourth-order valence-corrected chi connectivity index (χ4v) is 3.11. The number of benzene rings is 3. The van der Waals surface area contributed by atoms with E-state index in [9.17, 15) is 14.4 Å². The van der Waals surface area contributed by atoms with Crippen LogP contribution in [0, 0.1) is 12.7 Å². The van der Waals surface area contributed by atoms with Crippen molar-refractivity contribution < 1.29 is 33.0 Å². The average molecular weight is 472 g/mol. The van der Waals surface area contributed by atoms with Crippen LogP contribution < -0.4 is 14.2 Å². The third-order valence-corrected chi connectivity index (χ3v) is 4.88. The third-order valence-electron chi connectivity index (χ3n) is 4.88. The highest BCUT2D eigenvalue weighted by Crippen LogP contribution is 2.36. The molecule has 0 saturated carbocycles. The second-order valence-electron chi connectivity index (χ2n) is 7.21. The van der Waals surface area contributed by atoms with Gasteiger partial charge in [0.05, 0.1) is 0 Å². The Kier molecular flexibility index (Phi) is 7.74. The summed E-state index contributed by atoms with van der Waals surface area (Å²) < 4.78 is 30.7. The summed E-state index contributed by atoms with van der Waals surface area (Å²) >= 11 is 0. The monoisotopic (exact) mass is 472 g/mol. The first-order valence-electron chi connectivity index (χ1n) is 10.3. The molecule has 0 unspecified atom stereocenters. The molecule has 0 aliphatic rings. The molecule has 35 heavy (non-hydrogen) atoms. The van der Waals surface area contributed by atoms with Gasteiger partial charge in [-0.3, -0.25) is 0 Å². The molecule has 0 saturated heterocycles. The van der Waals surface area contributed by atoms with Gasteiger partial charge in [-0.1, -0.05) is 50.1 Å². The van der Waals surface area contributed by atoms with E-state index in [1.807, 2.05) is 0 Å². The van der Waals surface area contributed by atoms with Gasteiger partial charge >= 0.3 is 17.9 Å². The lowest BCUT2D eigenvalue weighted by atomic mass is 9.98. The zero-order valence-electron chi connectivity index (χ0n) is 18.9. The van der Waals surface area contributed by atoms with Gasteiger partial charge in [-0.25, -0.2) is 18.8 Å². The Hall–Kier alpha value is -4.78. The quantitative estimate of drug-likeness (QED) is 0.236. The van der Waals surface area contributed by atoms with Crippen LogP contribution in [0.25, 0.3) is 22.3 Å². The molecule has 0 spiro atoms. The molecular formula is C28H21FO6. The van der Waals surface area contributed by atoms with Crippen LogP contribution in [-0.4, -0.2) is 17.9 Å². The van der Waals surface area contributed by atoms with Gasteiger partial charge in [0.1, 0.15) is 11.6 Å². The minimum absolute atomic E-state index is 0.0351. The molecule has 0 aliphatic carbocycles. The standard InChI is InChI=1S/C28H21FO6/c1-5-26(30)33-23-13-11-20(16-25(23)35-28(32)7-3)21-12-10-18(14-22(21)29)19-9-8-17(4)24(15-19)34-27(31)6-2/h5-16H,1-3H2,4H3. The molecule has 3 aromatic rings. The Morgan fingerprint density at radius 1 is 0.657 bits per heavy atom. The van der Waals surface area contributed by atoms with Crippen LogP contribution in [0.15, 0.2) is 92.6 Å². The SMILES string of the molecule is C=CC(=O)Oc1cc(-c2ccc(-c3ccc(OC(=O)C=C)c(OC(=O)C=C)c3)c(F)c2)ccc1C. The van der Waals surface area contributed by atoms with Crippen molar-refractivity contribution in [2.24, 2.45) is 0 Å². The number of rotatable bonds is 8. The summed E-state index contributed by atoms with van der Waals surface area (Å²) in [5.41, 5.74) is 2.53. The molecule has 3 aromatic carbocycles. The molecule has 0 aromatic heterocycles. The van der Waals surface area contributed by atoms with Crippen molar-refractivity contribution in [3.63, 3.8) is 0 Å². The van der Waals surface area contributed by atoms with Gasteiger partial charge < -0.3 is 14.2 Å². The highest BCUT2D eigenvalue weighted by molar-refractivity contribution is 5.87. The van der Waals surface area contributed by atoms with E-state index in [1.165, 1.54) is 24.3 Å². The summed E-state index contributed by atoms with van der Waals surface area (Å²) in [6, 6.07) is 14.1. The van der Waals surface area contributed by atoms with Crippen molar-refractivity contribution in [2.75, 3.05) is 0 Å². The Bertz CT molecular complexity index is 1360. The number of ether oxygens (including phenoxy) is 3. The van der Waals surface area contributed by atoms with Crippen molar-refractivity contribution in [3.05, 3.63) is 104 Å². The third kappa shape index (κ3) is 5.97. The van der Waals surface area contributed by atoms with Crippen molar-refractivity contribution in [1.29, 1.82) is 0 Å². The Labute approximate surface area is 201 Å². The van der Waals surface area contributed by atoms with E-state index < -0.39 is 23.7 Å². The zero-order chi connectivity index (χ0) is 25.5. The molecule has 0 N–H and O–H groups in total. The number of carbonyl (C=O) groups is 3. The smallest absolute Gasteiger partial charge is 0.335 e. The zero-order valence-corrected chi connectivity index (χ0v) is 18.9. The number of halogens is 1. The van der Waals surface area contributed by atoms with Crippen LogP contribution in [0.5, 0.6) is 17.2 Å². The Morgan fingerprint density at radius 2 is 1.14 bits per heavy atom. The van der Waals surface area contributed by atoms with Gasteiger partial charge in [-0.05, 0) is 53.4 Å². The summed E-state index contributed by atoms with van der Waals surface area (Å²) in [6.45, 7) is 11.8. The first-order valence-corrected chi connectivity index (χ1v) is 10.3. The van der Waals surface area contributed by atoms with Gasteiger partial charge in [0.25, 0.3) is 0 Å². The lowest BCUT2D eigenvalue weighted by Gasteiger charge is -2.13. The summed E-state index contributed by atoms with van der Waals surface area (Å²) in [6.07, 6.45) is 2.97. The van der Waals surface area contributed by atoms with Crippen LogP contribution in [0.4, 0.5) is 4.39 Å². The van der Waals surface area contributed by atoms with Crippen LogP contribution in [0.2, 0.25) is 0 Å². The lowest BCUT2D eigenvalue weighted by molar-refractivity contribution is -0.131. The van der Waals surface area contributed by atoms with Crippen LogP contribution in [0.1, 0.15) is 5.56 Å². The van der Waals surface area contributed by atoms with E-state index >= 15 is 4.39 Å². The molecule has 3 rings (SSSR count). The molecule has 0 radical (unpaired) electrons. The molecule has 0 amide bonds. The molecule has 176 valence electrons. The molecule has 0 aliphatic heterocycles. The number of hydrogen-bond acceptors (Lipinski definition) is 6. The first-order chi connectivity index (χ1) is 16.7. The molecule has 0 fully saturated rings. The maximum absolute atomic E-state index is 15.2. The second kappa shape index (κ2) is 10.9. The summed E-state index contributed by atoms with van der Waals surface area (Å²) in [7, 11) is 0. The molecular weight excluding hydrogens is 451 g/mol. The van der Waals surface area contributed by atoms with E-state index in [-0.39, 0.29) is 17.1 Å². The Morgan fingerprint density at radius 3 is 1.74 bits per heavy atom. The topological polar surface area (TPSA) is 78.9 Å².